The lowest BCUT2D eigenvalue weighted by molar-refractivity contribution is -0.139. The van der Waals surface area contributed by atoms with Crippen molar-refractivity contribution in [3.05, 3.63) is 59.9 Å². The highest BCUT2D eigenvalue weighted by Crippen LogP contribution is 2.28. The predicted octanol–water partition coefficient (Wildman–Crippen LogP) is 1.43. The van der Waals surface area contributed by atoms with Crippen molar-refractivity contribution in [2.45, 2.75) is 19.5 Å². The molecule has 0 unspecified atom stereocenters. The zero-order valence-corrected chi connectivity index (χ0v) is 22.2. The van der Waals surface area contributed by atoms with Crippen LogP contribution in [0.1, 0.15) is 29.1 Å². The van der Waals surface area contributed by atoms with Gasteiger partial charge in [0.15, 0.2) is 17.3 Å². The van der Waals surface area contributed by atoms with Gasteiger partial charge in [-0.3, -0.25) is 14.4 Å². The van der Waals surface area contributed by atoms with Crippen LogP contribution in [0.15, 0.2) is 48.5 Å². The van der Waals surface area contributed by atoms with Crippen molar-refractivity contribution in [1.29, 1.82) is 0 Å². The van der Waals surface area contributed by atoms with Crippen LogP contribution < -0.4 is 20.1 Å². The molecule has 0 fully saturated rings. The van der Waals surface area contributed by atoms with Crippen LogP contribution in [0.2, 0.25) is 0 Å². The second-order valence-electron chi connectivity index (χ2n) is 8.89. The number of nitrogens with zero attached hydrogens (tertiary/aromatic N) is 4. The van der Waals surface area contributed by atoms with E-state index in [1.807, 2.05) is 30.3 Å². The summed E-state index contributed by atoms with van der Waals surface area (Å²) in [5.74, 6) is 0.808. The van der Waals surface area contributed by atoms with Crippen molar-refractivity contribution in [2.75, 3.05) is 47.1 Å². The molecule has 0 spiro atoms. The summed E-state index contributed by atoms with van der Waals surface area (Å²) < 4.78 is 18.1. The zero-order valence-electron chi connectivity index (χ0n) is 22.2. The number of rotatable bonds is 4. The summed E-state index contributed by atoms with van der Waals surface area (Å²) in [7, 11) is 2.93. The zero-order chi connectivity index (χ0) is 27.8. The maximum absolute atomic E-state index is 13.0. The molecule has 3 amide bonds. The monoisotopic (exact) mass is 536 g/mol. The SMILES string of the molecule is COCC(=O)N1CCNC(=O)c2ccc(OC)c(c2)OCCn2nc(-c3ccccc3)nc2[C@@H](C)NC(=O)C1. The van der Waals surface area contributed by atoms with Crippen LogP contribution in [0, 0.1) is 0 Å². The molecule has 0 saturated carbocycles. The molecule has 1 atom stereocenters. The van der Waals surface area contributed by atoms with E-state index >= 15 is 0 Å². The highest BCUT2D eigenvalue weighted by molar-refractivity contribution is 5.95. The summed E-state index contributed by atoms with van der Waals surface area (Å²) >= 11 is 0. The van der Waals surface area contributed by atoms with E-state index in [0.717, 1.165) is 5.56 Å². The van der Waals surface area contributed by atoms with Crippen molar-refractivity contribution in [3.63, 3.8) is 0 Å². The number of amides is 3. The molecule has 206 valence electrons. The van der Waals surface area contributed by atoms with Crippen LogP contribution in [0.25, 0.3) is 11.4 Å². The topological polar surface area (TPSA) is 137 Å². The second-order valence-corrected chi connectivity index (χ2v) is 8.89. The maximum Gasteiger partial charge on any atom is 0.251 e. The molecule has 0 saturated heterocycles. The normalized spacial score (nSPS) is 16.8. The molecule has 3 aromatic rings. The van der Waals surface area contributed by atoms with Gasteiger partial charge in [0, 0.05) is 31.3 Å². The Bertz CT molecular complexity index is 1310. The highest BCUT2D eigenvalue weighted by Gasteiger charge is 2.23. The van der Waals surface area contributed by atoms with E-state index in [1.165, 1.54) is 19.1 Å². The molecule has 4 rings (SSSR count). The van der Waals surface area contributed by atoms with Crippen LogP contribution in [0.4, 0.5) is 0 Å². The number of hydrogen-bond acceptors (Lipinski definition) is 8. The number of nitrogens with one attached hydrogen (secondary N) is 2. The first-order valence-electron chi connectivity index (χ1n) is 12.5. The quantitative estimate of drug-likeness (QED) is 0.511. The molecule has 12 nitrogen and oxygen atoms in total. The van der Waals surface area contributed by atoms with Gasteiger partial charge in [0.05, 0.1) is 26.2 Å². The van der Waals surface area contributed by atoms with Gasteiger partial charge in [-0.2, -0.15) is 5.10 Å². The number of ether oxygens (including phenoxy) is 3. The van der Waals surface area contributed by atoms with E-state index in [2.05, 4.69) is 15.7 Å². The number of benzene rings is 2. The lowest BCUT2D eigenvalue weighted by Crippen LogP contribution is -2.46. The van der Waals surface area contributed by atoms with Gasteiger partial charge in [-0.25, -0.2) is 9.67 Å². The number of carbonyl (C=O) groups is 3. The standard InChI is InChI=1S/C27H32N6O6/c1-18-26-30-25(19-7-5-4-6-8-19)31-33(26)13-14-39-22-15-20(9-10-21(22)38-3)27(36)28-11-12-32(16-23(34)29-18)24(35)17-37-2/h4-10,15,18H,11-14,16-17H2,1-3H3,(H,28,36)(H,29,34)/t18-/m1/s1. The van der Waals surface area contributed by atoms with Gasteiger partial charge in [-0.05, 0) is 25.1 Å². The Kier molecular flexibility index (Phi) is 9.10. The van der Waals surface area contributed by atoms with Crippen LogP contribution >= 0.6 is 0 Å². The fraction of sp³-hybridized carbons (Fsp3) is 0.370. The van der Waals surface area contributed by atoms with E-state index < -0.39 is 6.04 Å². The lowest BCUT2D eigenvalue weighted by atomic mass is 10.2. The van der Waals surface area contributed by atoms with Crippen LogP contribution in [-0.2, 0) is 20.9 Å². The average Bonchev–Trinajstić information content (AvgIpc) is 3.37. The molecular formula is C27H32N6O6. The Morgan fingerprint density at radius 2 is 1.90 bits per heavy atom. The average molecular weight is 537 g/mol. The number of fused-ring (bicyclic) bond motifs is 3. The first kappa shape index (κ1) is 27.6. The van der Waals surface area contributed by atoms with Crippen LogP contribution in [-0.4, -0.2) is 84.5 Å². The first-order valence-corrected chi connectivity index (χ1v) is 12.5. The molecule has 1 aliphatic heterocycles. The van der Waals surface area contributed by atoms with Gasteiger partial charge in [-0.15, -0.1) is 0 Å². The molecule has 12 heteroatoms. The minimum absolute atomic E-state index is 0.115. The molecule has 0 aliphatic carbocycles. The molecule has 2 heterocycles. The molecule has 2 aromatic carbocycles. The van der Waals surface area contributed by atoms with Crippen LogP contribution in [0.3, 0.4) is 0 Å². The van der Waals surface area contributed by atoms with E-state index in [-0.39, 0.29) is 50.6 Å². The summed E-state index contributed by atoms with van der Waals surface area (Å²) in [4.78, 5) is 44.4. The van der Waals surface area contributed by atoms with Crippen molar-refractivity contribution >= 4 is 17.7 Å². The molecule has 1 aromatic heterocycles. The molecule has 1 aliphatic rings. The molecule has 2 N–H and O–H groups in total. The number of aromatic nitrogens is 3. The molecule has 0 radical (unpaired) electrons. The van der Waals surface area contributed by atoms with Crippen LogP contribution in [0.5, 0.6) is 11.5 Å². The lowest BCUT2D eigenvalue weighted by Gasteiger charge is -2.23. The number of methoxy groups -OCH3 is 2. The molecule has 39 heavy (non-hydrogen) atoms. The Morgan fingerprint density at radius 3 is 2.64 bits per heavy atom. The van der Waals surface area contributed by atoms with E-state index in [4.69, 9.17) is 19.2 Å². The molecule has 2 bridgehead atoms. The van der Waals surface area contributed by atoms with Gasteiger partial charge >= 0.3 is 0 Å². The Morgan fingerprint density at radius 1 is 1.10 bits per heavy atom. The third kappa shape index (κ3) is 6.90. The summed E-state index contributed by atoms with van der Waals surface area (Å²) in [5.41, 5.74) is 1.19. The third-order valence-corrected chi connectivity index (χ3v) is 6.11. The Labute approximate surface area is 226 Å². The summed E-state index contributed by atoms with van der Waals surface area (Å²) in [6, 6.07) is 13.9. The largest absolute Gasteiger partial charge is 0.493 e. The highest BCUT2D eigenvalue weighted by atomic mass is 16.5. The van der Waals surface area contributed by atoms with Crippen molar-refractivity contribution < 1.29 is 28.6 Å². The summed E-state index contributed by atoms with van der Waals surface area (Å²) in [5, 5.41) is 10.4. The fourth-order valence-corrected chi connectivity index (χ4v) is 4.16. The van der Waals surface area contributed by atoms with Gasteiger partial charge in [0.1, 0.15) is 19.0 Å². The number of hydrogen-bond donors (Lipinski definition) is 2. The fourth-order valence-electron chi connectivity index (χ4n) is 4.16. The van der Waals surface area contributed by atoms with Gasteiger partial charge in [0.2, 0.25) is 11.8 Å². The summed E-state index contributed by atoms with van der Waals surface area (Å²) in [6.45, 7) is 2.16. The van der Waals surface area contributed by atoms with Gasteiger partial charge in [0.25, 0.3) is 5.91 Å². The van der Waals surface area contributed by atoms with Gasteiger partial charge < -0.3 is 29.7 Å². The third-order valence-electron chi connectivity index (χ3n) is 6.11. The minimum atomic E-state index is -0.518. The Hall–Kier alpha value is -4.45. The van der Waals surface area contributed by atoms with E-state index in [0.29, 0.717) is 35.3 Å². The van der Waals surface area contributed by atoms with Gasteiger partial charge in [-0.1, -0.05) is 30.3 Å². The maximum atomic E-state index is 13.0. The van der Waals surface area contributed by atoms with Crippen molar-refractivity contribution in [2.24, 2.45) is 0 Å². The van der Waals surface area contributed by atoms with Crippen molar-refractivity contribution in [3.8, 4) is 22.9 Å². The number of carbonyl (C=O) groups excluding carboxylic acids is 3. The molecular weight excluding hydrogens is 504 g/mol. The Balaban J connectivity index is 1.67. The predicted molar refractivity (Wildman–Crippen MR) is 141 cm³/mol. The van der Waals surface area contributed by atoms with E-state index in [9.17, 15) is 14.4 Å². The first-order chi connectivity index (χ1) is 18.9. The second kappa shape index (κ2) is 12.9. The van der Waals surface area contributed by atoms with E-state index in [1.54, 1.807) is 29.8 Å². The minimum Gasteiger partial charge on any atom is -0.493 e. The van der Waals surface area contributed by atoms with Crippen molar-refractivity contribution in [1.82, 2.24) is 30.3 Å². The summed E-state index contributed by atoms with van der Waals surface area (Å²) in [6.07, 6.45) is 0. The smallest absolute Gasteiger partial charge is 0.251 e.